The topological polar surface area (TPSA) is 40.8 Å². The van der Waals surface area contributed by atoms with Crippen LogP contribution < -0.4 is 5.32 Å². The molecular weight excluding hydrogens is 270 g/mol. The second-order valence-electron chi connectivity index (χ2n) is 5.08. The van der Waals surface area contributed by atoms with Gasteiger partial charge in [0.15, 0.2) is 0 Å². The molecule has 2 rings (SSSR count). The minimum Gasteiger partial charge on any atom is -0.346 e. The molecule has 0 radical (unpaired) electrons. The fraction of sp³-hybridized carbons (Fsp3) is 0.312. The van der Waals surface area contributed by atoms with Crippen LogP contribution in [0.1, 0.15) is 30.7 Å². The quantitative estimate of drug-likeness (QED) is 0.913. The molecule has 0 aliphatic heterocycles. The van der Waals surface area contributed by atoms with E-state index >= 15 is 0 Å². The van der Waals surface area contributed by atoms with Gasteiger partial charge in [-0.05, 0) is 29.8 Å². The van der Waals surface area contributed by atoms with E-state index in [9.17, 15) is 0 Å². The van der Waals surface area contributed by atoms with Crippen LogP contribution in [0.4, 0.5) is 0 Å². The smallest absolute Gasteiger partial charge is 0.0992 e. The Labute approximate surface area is 124 Å². The predicted molar refractivity (Wildman–Crippen MR) is 81.7 cm³/mol. The van der Waals surface area contributed by atoms with Crippen molar-refractivity contribution < 1.29 is 0 Å². The van der Waals surface area contributed by atoms with Crippen molar-refractivity contribution in [3.05, 3.63) is 58.4 Å². The van der Waals surface area contributed by atoms with E-state index in [2.05, 4.69) is 35.9 Å². The lowest BCUT2D eigenvalue weighted by molar-refractivity contribution is 0.564. The number of hydrogen-bond donors (Lipinski definition) is 1. The molecule has 20 heavy (non-hydrogen) atoms. The Morgan fingerprint density at radius 2 is 2.15 bits per heavy atom. The van der Waals surface area contributed by atoms with Crippen LogP contribution in [0.15, 0.2) is 36.5 Å². The van der Waals surface area contributed by atoms with Crippen molar-refractivity contribution in [1.82, 2.24) is 9.88 Å². The Morgan fingerprint density at radius 3 is 2.80 bits per heavy atom. The van der Waals surface area contributed by atoms with E-state index < -0.39 is 0 Å². The number of nitrogens with zero attached hydrogens (tertiary/aromatic N) is 2. The normalized spacial score (nSPS) is 10.8. The highest BCUT2D eigenvalue weighted by atomic mass is 35.5. The number of benzene rings is 1. The van der Waals surface area contributed by atoms with Gasteiger partial charge in [-0.15, -0.1) is 0 Å². The first-order valence-corrected chi connectivity index (χ1v) is 7.04. The lowest BCUT2D eigenvalue weighted by Crippen LogP contribution is -2.23. The molecule has 104 valence electrons. The first-order valence-electron chi connectivity index (χ1n) is 6.66. The standard InChI is InChI=1S/C16H18ClN3/c1-12(2)19-10-15-4-3-7-20(15)11-14-6-5-13(9-18)8-16(14)17/h3-8,12,19H,10-11H2,1-2H3. The maximum atomic E-state index is 8.85. The van der Waals surface area contributed by atoms with Crippen molar-refractivity contribution >= 4 is 11.6 Å². The molecule has 0 spiro atoms. The van der Waals surface area contributed by atoms with E-state index in [-0.39, 0.29) is 0 Å². The molecule has 0 saturated carbocycles. The molecule has 3 nitrogen and oxygen atoms in total. The lowest BCUT2D eigenvalue weighted by Gasteiger charge is -2.13. The number of hydrogen-bond acceptors (Lipinski definition) is 2. The van der Waals surface area contributed by atoms with Crippen molar-refractivity contribution in [3.8, 4) is 6.07 Å². The van der Waals surface area contributed by atoms with E-state index in [1.807, 2.05) is 18.3 Å². The highest BCUT2D eigenvalue weighted by Gasteiger charge is 2.06. The molecule has 0 atom stereocenters. The van der Waals surface area contributed by atoms with Crippen LogP contribution in [0.5, 0.6) is 0 Å². The van der Waals surface area contributed by atoms with E-state index in [0.717, 1.165) is 12.1 Å². The van der Waals surface area contributed by atoms with Gasteiger partial charge in [0, 0.05) is 36.0 Å². The largest absolute Gasteiger partial charge is 0.346 e. The number of rotatable bonds is 5. The summed E-state index contributed by atoms with van der Waals surface area (Å²) in [7, 11) is 0. The molecule has 1 heterocycles. The molecule has 1 aromatic carbocycles. The first kappa shape index (κ1) is 14.6. The molecule has 0 aliphatic rings. The fourth-order valence-corrected chi connectivity index (χ4v) is 2.24. The first-order chi connectivity index (χ1) is 9.60. The zero-order valence-electron chi connectivity index (χ0n) is 11.7. The Hall–Kier alpha value is -1.76. The monoisotopic (exact) mass is 287 g/mol. The van der Waals surface area contributed by atoms with Crippen LogP contribution in [0.25, 0.3) is 0 Å². The average Bonchev–Trinajstić information content (AvgIpc) is 2.86. The molecular formula is C16H18ClN3. The maximum absolute atomic E-state index is 8.85. The van der Waals surface area contributed by atoms with Gasteiger partial charge >= 0.3 is 0 Å². The summed E-state index contributed by atoms with van der Waals surface area (Å²) in [6.45, 7) is 5.81. The summed E-state index contributed by atoms with van der Waals surface area (Å²) in [5.74, 6) is 0. The van der Waals surface area contributed by atoms with E-state index in [1.54, 1.807) is 12.1 Å². The zero-order chi connectivity index (χ0) is 14.5. The molecule has 0 unspecified atom stereocenters. The summed E-state index contributed by atoms with van der Waals surface area (Å²) in [5, 5.41) is 12.9. The molecule has 0 fully saturated rings. The van der Waals surface area contributed by atoms with E-state index in [4.69, 9.17) is 16.9 Å². The van der Waals surface area contributed by atoms with Gasteiger partial charge in [0.25, 0.3) is 0 Å². The van der Waals surface area contributed by atoms with Crippen LogP contribution in [0, 0.1) is 11.3 Å². The minimum absolute atomic E-state index is 0.455. The van der Waals surface area contributed by atoms with Crippen LogP contribution in [0.2, 0.25) is 5.02 Å². The molecule has 4 heteroatoms. The van der Waals surface area contributed by atoms with E-state index in [0.29, 0.717) is 23.2 Å². The number of nitrogens with one attached hydrogen (secondary N) is 1. The van der Waals surface area contributed by atoms with Crippen LogP contribution >= 0.6 is 11.6 Å². The Balaban J connectivity index is 2.14. The molecule has 1 aromatic heterocycles. The maximum Gasteiger partial charge on any atom is 0.0992 e. The van der Waals surface area contributed by atoms with Gasteiger partial charge in [-0.1, -0.05) is 31.5 Å². The second kappa shape index (κ2) is 6.60. The van der Waals surface area contributed by atoms with Gasteiger partial charge in [-0.2, -0.15) is 5.26 Å². The molecule has 0 bridgehead atoms. The number of halogens is 1. The summed E-state index contributed by atoms with van der Waals surface area (Å²) < 4.78 is 2.17. The van der Waals surface area contributed by atoms with E-state index in [1.165, 1.54) is 5.69 Å². The summed E-state index contributed by atoms with van der Waals surface area (Å²) in [6, 6.07) is 12.1. The predicted octanol–water partition coefficient (Wildman–Crippen LogP) is 3.56. The van der Waals surface area contributed by atoms with Gasteiger partial charge in [0.05, 0.1) is 11.6 Å². The van der Waals surface area contributed by atoms with Gasteiger partial charge in [-0.3, -0.25) is 0 Å². The summed E-state index contributed by atoms with van der Waals surface area (Å²) in [5.41, 5.74) is 2.83. The van der Waals surface area contributed by atoms with Crippen LogP contribution in [-0.4, -0.2) is 10.6 Å². The SMILES string of the molecule is CC(C)NCc1cccn1Cc1ccc(C#N)cc1Cl. The summed E-state index contributed by atoms with van der Waals surface area (Å²) >= 11 is 6.22. The lowest BCUT2D eigenvalue weighted by atomic mass is 10.1. The third-order valence-electron chi connectivity index (χ3n) is 3.14. The fourth-order valence-electron chi connectivity index (χ4n) is 2.00. The summed E-state index contributed by atoms with van der Waals surface area (Å²) in [4.78, 5) is 0. The molecule has 0 amide bonds. The van der Waals surface area contributed by atoms with Crippen molar-refractivity contribution in [2.75, 3.05) is 0 Å². The van der Waals surface area contributed by atoms with Crippen molar-refractivity contribution in [2.24, 2.45) is 0 Å². The molecule has 2 aromatic rings. The van der Waals surface area contributed by atoms with Crippen molar-refractivity contribution in [3.63, 3.8) is 0 Å². The molecule has 0 aliphatic carbocycles. The van der Waals surface area contributed by atoms with Crippen molar-refractivity contribution in [1.29, 1.82) is 5.26 Å². The highest BCUT2D eigenvalue weighted by Crippen LogP contribution is 2.19. The van der Waals surface area contributed by atoms with Crippen LogP contribution in [-0.2, 0) is 13.1 Å². The summed E-state index contributed by atoms with van der Waals surface area (Å²) in [6.07, 6.45) is 2.05. The second-order valence-corrected chi connectivity index (χ2v) is 5.49. The third-order valence-corrected chi connectivity index (χ3v) is 3.49. The van der Waals surface area contributed by atoms with Gasteiger partial charge < -0.3 is 9.88 Å². The Kier molecular flexibility index (Phi) is 4.84. The van der Waals surface area contributed by atoms with Crippen molar-refractivity contribution in [2.45, 2.75) is 33.0 Å². The number of nitriles is 1. The van der Waals surface area contributed by atoms with Gasteiger partial charge in [-0.25, -0.2) is 0 Å². The highest BCUT2D eigenvalue weighted by molar-refractivity contribution is 6.31. The zero-order valence-corrected chi connectivity index (χ0v) is 12.5. The number of aromatic nitrogens is 1. The Bertz CT molecular complexity index is 623. The van der Waals surface area contributed by atoms with Crippen LogP contribution in [0.3, 0.4) is 0 Å². The Morgan fingerprint density at radius 1 is 1.35 bits per heavy atom. The third kappa shape index (κ3) is 3.63. The molecule has 0 saturated heterocycles. The molecule has 1 N–H and O–H groups in total. The average molecular weight is 288 g/mol. The van der Waals surface area contributed by atoms with Gasteiger partial charge in [0.2, 0.25) is 0 Å². The minimum atomic E-state index is 0.455. The van der Waals surface area contributed by atoms with Gasteiger partial charge in [0.1, 0.15) is 0 Å².